The number of amides is 3. The summed E-state index contributed by atoms with van der Waals surface area (Å²) < 4.78 is 13.9. The van der Waals surface area contributed by atoms with Gasteiger partial charge in [-0.2, -0.15) is 0 Å². The molecule has 0 spiro atoms. The van der Waals surface area contributed by atoms with Gasteiger partial charge in [0, 0.05) is 90.9 Å². The van der Waals surface area contributed by atoms with Crippen LogP contribution in [0.3, 0.4) is 0 Å². The fraction of sp³-hybridized carbons (Fsp3) is 0.506. The van der Waals surface area contributed by atoms with E-state index in [-0.39, 0.29) is 127 Å². The van der Waals surface area contributed by atoms with Crippen molar-refractivity contribution in [2.45, 2.75) is 233 Å². The molecule has 0 aliphatic carbocycles. The van der Waals surface area contributed by atoms with Crippen LogP contribution < -0.4 is 79.0 Å². The normalized spacial score (nSPS) is 12.0. The number of carboxylic acid groups (broad SMARTS) is 11. The van der Waals surface area contributed by atoms with Crippen LogP contribution in [0.2, 0.25) is 0 Å². The number of allylic oxidation sites excluding steroid dienone is 2. The van der Waals surface area contributed by atoms with E-state index in [0.717, 1.165) is 42.2 Å². The molecule has 0 heterocycles. The Kier molecular flexibility index (Phi) is 96.9. The Labute approximate surface area is 846 Å². The Bertz CT molecular complexity index is 3990. The molecule has 36 N–H and O–H groups in total. The number of rotatable bonds is 57. The van der Waals surface area contributed by atoms with Crippen molar-refractivity contribution in [1.29, 1.82) is 0 Å². The fourth-order valence-electron chi connectivity index (χ4n) is 6.61. The zero-order chi connectivity index (χ0) is 116. The number of carboxylic acids is 11. The summed E-state index contributed by atoms with van der Waals surface area (Å²) in [5.41, 5.74) is 60.7. The SMILES string of the molecule is C=C(C)C(=O)C(=O)CCCC(N)C(=O)O.C=C(C)C(=O)CCC(N)C(=O)O.C=C(C)C(=O)NCC(N)C(=O)O.C=C(C)C(=O)NCCCC(N)C(=O)O.C=C(C)C(=O)OCC(N)C(=O)O.C=C(C)C(=O)OCCC(N)C(=O)O.C=C(C)C(=O)OCCCC(N)C(=O)O.C=C(C)C(=O)SCC(N)C(=O)O.C=C(C)C(=O)SCCC(N)C(=O)O.C=C(C)C(=O)SCCCC(N)C(=O)O.CC(=O)C(=O)NCCC(N)C(=O)O. The van der Waals surface area contributed by atoms with Crippen LogP contribution in [0.1, 0.15) is 166 Å². The zero-order valence-electron chi connectivity index (χ0n) is 82.7. The number of hydrogen-bond acceptors (Lipinski definition) is 41. The summed E-state index contributed by atoms with van der Waals surface area (Å²) in [6.07, 6.45) is 3.97. The molecule has 0 aromatic heterocycles. The number of thioether (sulfide) groups is 3. The summed E-state index contributed by atoms with van der Waals surface area (Å²) in [5.74, 6) is -15.7. The van der Waals surface area contributed by atoms with Crippen molar-refractivity contribution in [2.24, 2.45) is 63.1 Å². The van der Waals surface area contributed by atoms with E-state index in [2.05, 4.69) is 91.2 Å². The van der Waals surface area contributed by atoms with Crippen molar-refractivity contribution < 1.29 is 185 Å². The molecule has 55 heteroatoms. The number of ketones is 4. The van der Waals surface area contributed by atoms with Gasteiger partial charge < -0.3 is 149 Å². The first-order valence-electron chi connectivity index (χ1n) is 42.2. The maximum absolute atomic E-state index is 11.1. The van der Waals surface area contributed by atoms with Crippen LogP contribution in [-0.4, -0.2) is 319 Å². The molecule has 144 heavy (non-hydrogen) atoms. The lowest BCUT2D eigenvalue weighted by Gasteiger charge is -2.07. The molecule has 11 atom stereocenters. The highest BCUT2D eigenvalue weighted by Gasteiger charge is 2.23. The quantitative estimate of drug-likeness (QED) is 0.0122. The molecule has 0 aliphatic rings. The highest BCUT2D eigenvalue weighted by molar-refractivity contribution is 8.14. The molecular formula is C89H146N14O38S3. The van der Waals surface area contributed by atoms with Crippen LogP contribution in [0.5, 0.6) is 0 Å². The molecular weight excluding hydrogens is 1970 g/mol. The number of carbonyl (C=O) groups is 24. The second-order valence-corrected chi connectivity index (χ2v) is 33.2. The Balaban J connectivity index is -0.000000150. The summed E-state index contributed by atoms with van der Waals surface area (Å²) in [6, 6.07) is -10.6. The van der Waals surface area contributed by atoms with Crippen LogP contribution in [0.4, 0.5) is 0 Å². The maximum atomic E-state index is 11.1. The van der Waals surface area contributed by atoms with Gasteiger partial charge >= 0.3 is 83.6 Å². The Morgan fingerprint density at radius 2 is 0.562 bits per heavy atom. The third-order valence-corrected chi connectivity index (χ3v) is 18.8. The first kappa shape index (κ1) is 153. The van der Waals surface area contributed by atoms with Crippen molar-refractivity contribution in [3.63, 3.8) is 0 Å². The molecule has 3 amide bonds. The molecule has 0 radical (unpaired) electrons. The van der Waals surface area contributed by atoms with Crippen molar-refractivity contribution in [3.8, 4) is 0 Å². The van der Waals surface area contributed by atoms with Crippen LogP contribution >= 0.6 is 35.3 Å². The van der Waals surface area contributed by atoms with Gasteiger partial charge in [0.2, 0.25) is 44.5 Å². The highest BCUT2D eigenvalue weighted by atomic mass is 32.2. The van der Waals surface area contributed by atoms with E-state index in [1.165, 1.54) is 27.7 Å². The molecule has 0 aromatic rings. The molecule has 0 aliphatic heterocycles. The van der Waals surface area contributed by atoms with Crippen LogP contribution in [0.15, 0.2) is 122 Å². The number of aliphatic carboxylic acids is 11. The number of nitrogens with two attached hydrogens (primary N) is 11. The standard InChI is InChI=1S/C10H15NO4.C9H16N2O3.C9H15NO4.C9H15NO3S.C8H13NO4.C8H13NO3S.C8H13NO3.C7H12N2O4.C7H12N2O3.C7H11NO4.C7H11NO3S/c1-6(2)9(13)8(12)5-3-4-7(11)10(14)15;1-6(2)8(12)11-5-3-4-7(10)9(13)14;2*1-6(2)9(13)14-5-3-4-7(10)8(11)12;2*1-5(2)8(12)13-4-3-6(9)7(10)11;1-5(2)7(10)4-3-6(9)8(11)12;1-4(10)6(11)9-3-2-5(8)7(12)13;1-4(2)6(10)9-3-5(8)7(11)12;2*1-4(2)7(11)12-3-5(8)6(9)10/h7H,1,3-5,11H2,2H3,(H,14,15);7H,1,3-5,10H2,2H3,(H,11,12)(H,13,14);2*7H,1,3-5,10H2,2H3,(H,11,12);2*6H,1,3-4,9H2,2H3,(H,10,11);6H,1,3-4,9H2,2H3,(H,11,12);5H,2-3,8H2,1H3,(H,9,11)(H,12,13);5H,1,3,8H2,2H3,(H,9,10)(H,11,12);2*5H,1,3,8H2,2H3,(H,9,10). The Hall–Kier alpha value is -13.3. The Morgan fingerprint density at radius 3 is 0.910 bits per heavy atom. The summed E-state index contributed by atoms with van der Waals surface area (Å²) >= 11 is 3.08. The van der Waals surface area contributed by atoms with Crippen LogP contribution in [0.25, 0.3) is 0 Å². The first-order chi connectivity index (χ1) is 65.8. The second kappa shape index (κ2) is 90.9. The monoisotopic (exact) mass is 2110 g/mol. The molecule has 818 valence electrons. The molecule has 0 aromatic carbocycles. The summed E-state index contributed by atoms with van der Waals surface area (Å²) in [5, 5.41) is 99.1. The minimum absolute atomic E-state index is 0.000833. The number of esters is 3. The van der Waals surface area contributed by atoms with E-state index in [9.17, 15) is 115 Å². The Morgan fingerprint density at radius 1 is 0.257 bits per heavy atom. The molecule has 0 rings (SSSR count). The molecule has 0 fully saturated rings. The van der Waals surface area contributed by atoms with E-state index in [1.807, 2.05) is 0 Å². The largest absolute Gasteiger partial charge is 0.480 e. The van der Waals surface area contributed by atoms with Gasteiger partial charge in [0.25, 0.3) is 5.91 Å². The maximum Gasteiger partial charge on any atom is 0.333 e. The number of ether oxygens (including phenoxy) is 3. The third kappa shape index (κ3) is 102. The molecule has 0 bridgehead atoms. The van der Waals surface area contributed by atoms with Gasteiger partial charge in [0.15, 0.2) is 5.78 Å². The average molecular weight is 2120 g/mol. The van der Waals surface area contributed by atoms with Crippen molar-refractivity contribution in [3.05, 3.63) is 122 Å². The van der Waals surface area contributed by atoms with E-state index in [4.69, 9.17) is 124 Å². The minimum atomic E-state index is -1.20. The fourth-order valence-corrected chi connectivity index (χ4v) is 8.88. The topological polar surface area (TPSA) is 982 Å². The second-order valence-electron chi connectivity index (χ2n) is 30.1. The predicted molar refractivity (Wildman–Crippen MR) is 535 cm³/mol. The van der Waals surface area contributed by atoms with E-state index >= 15 is 0 Å². The van der Waals surface area contributed by atoms with Crippen molar-refractivity contribution in [1.82, 2.24) is 16.0 Å². The number of nitrogens with one attached hydrogen (secondary N) is 3. The van der Waals surface area contributed by atoms with Crippen molar-refractivity contribution >= 4 is 175 Å². The number of carbonyl (C=O) groups excluding carboxylic acids is 13. The van der Waals surface area contributed by atoms with Gasteiger partial charge in [-0.1, -0.05) is 101 Å². The van der Waals surface area contributed by atoms with E-state index < -0.39 is 173 Å². The first-order valence-corrected chi connectivity index (χ1v) is 45.2. The van der Waals surface area contributed by atoms with E-state index in [1.54, 1.807) is 41.5 Å². The summed E-state index contributed by atoms with van der Waals surface area (Å²) in [7, 11) is 0. The van der Waals surface area contributed by atoms with Crippen LogP contribution in [-0.2, 0) is 129 Å². The van der Waals surface area contributed by atoms with Gasteiger partial charge in [0.05, 0.1) is 13.2 Å². The molecule has 11 unspecified atom stereocenters. The average Bonchev–Trinajstić information content (AvgIpc) is 0.884. The van der Waals surface area contributed by atoms with Crippen LogP contribution in [0, 0.1) is 0 Å². The number of hydrogen-bond donors (Lipinski definition) is 25. The number of Topliss-reactive ketones (excluding diaryl/α,β-unsaturated/α-hetero) is 4. The van der Waals surface area contributed by atoms with E-state index in [0.29, 0.717) is 108 Å². The lowest BCUT2D eigenvalue weighted by molar-refractivity contribution is -0.146. The molecule has 52 nitrogen and oxygen atoms in total. The van der Waals surface area contributed by atoms with Crippen molar-refractivity contribution in [2.75, 3.05) is 56.7 Å². The minimum Gasteiger partial charge on any atom is -0.480 e. The van der Waals surface area contributed by atoms with Gasteiger partial charge in [-0.25, -0.2) is 14.4 Å². The lowest BCUT2D eigenvalue weighted by Crippen LogP contribution is -2.42. The molecule has 0 saturated carbocycles. The van der Waals surface area contributed by atoms with Gasteiger partial charge in [0.1, 0.15) is 73.1 Å². The highest BCUT2D eigenvalue weighted by Crippen LogP contribution is 2.14. The summed E-state index contributed by atoms with van der Waals surface area (Å²) in [4.78, 5) is 254. The summed E-state index contributed by atoms with van der Waals surface area (Å²) in [6.45, 7) is 51.1. The lowest BCUT2D eigenvalue weighted by atomic mass is 10.0. The molecule has 0 saturated heterocycles. The smallest absolute Gasteiger partial charge is 0.333 e. The zero-order valence-corrected chi connectivity index (χ0v) is 85.2. The van der Waals surface area contributed by atoms with Gasteiger partial charge in [-0.15, -0.1) is 0 Å². The third-order valence-electron chi connectivity index (χ3n) is 15.5. The predicted octanol–water partition coefficient (Wildman–Crippen LogP) is -0.342. The van der Waals surface area contributed by atoms with Gasteiger partial charge in [-0.05, 0) is 168 Å². The van der Waals surface area contributed by atoms with Gasteiger partial charge in [-0.3, -0.25) is 101 Å².